The topological polar surface area (TPSA) is 84.9 Å². The molecule has 8 heteroatoms. The number of ether oxygens (including phenoxy) is 2. The fourth-order valence-electron chi connectivity index (χ4n) is 3.04. The SMILES string of the molecule is COc1ccc(OC)c(N2C[C@H](C(=O)N[C@H]3CCSC3=O)CC2=O)c1. The normalized spacial score (nSPS) is 23.0. The van der Waals surface area contributed by atoms with Crippen molar-refractivity contribution in [2.24, 2.45) is 5.92 Å². The summed E-state index contributed by atoms with van der Waals surface area (Å²) < 4.78 is 10.5. The zero-order valence-electron chi connectivity index (χ0n) is 14.1. The van der Waals surface area contributed by atoms with E-state index in [9.17, 15) is 14.4 Å². The van der Waals surface area contributed by atoms with Gasteiger partial charge in [0.05, 0.1) is 31.9 Å². The first-order valence-electron chi connectivity index (χ1n) is 8.03. The molecule has 134 valence electrons. The van der Waals surface area contributed by atoms with E-state index in [2.05, 4.69) is 5.32 Å². The summed E-state index contributed by atoms with van der Waals surface area (Å²) in [5.74, 6) is 0.974. The molecule has 2 aliphatic rings. The van der Waals surface area contributed by atoms with Crippen molar-refractivity contribution in [3.8, 4) is 11.5 Å². The van der Waals surface area contributed by atoms with Crippen molar-refractivity contribution < 1.29 is 23.9 Å². The maximum atomic E-state index is 12.4. The first kappa shape index (κ1) is 17.6. The number of methoxy groups -OCH3 is 2. The van der Waals surface area contributed by atoms with Gasteiger partial charge in [0.1, 0.15) is 11.5 Å². The molecule has 7 nitrogen and oxygen atoms in total. The minimum Gasteiger partial charge on any atom is -0.497 e. The van der Waals surface area contributed by atoms with Crippen molar-refractivity contribution >= 4 is 34.4 Å². The van der Waals surface area contributed by atoms with Gasteiger partial charge < -0.3 is 19.7 Å². The van der Waals surface area contributed by atoms with Gasteiger partial charge in [0.25, 0.3) is 0 Å². The zero-order valence-corrected chi connectivity index (χ0v) is 14.9. The number of nitrogens with one attached hydrogen (secondary N) is 1. The van der Waals surface area contributed by atoms with E-state index in [1.54, 1.807) is 25.3 Å². The summed E-state index contributed by atoms with van der Waals surface area (Å²) in [6, 6.07) is 4.75. The summed E-state index contributed by atoms with van der Waals surface area (Å²) in [6.45, 7) is 0.252. The Bertz CT molecular complexity index is 708. The summed E-state index contributed by atoms with van der Waals surface area (Å²) in [5, 5.41) is 2.76. The van der Waals surface area contributed by atoms with Gasteiger partial charge in [0.15, 0.2) is 0 Å². The molecule has 0 spiro atoms. The first-order valence-corrected chi connectivity index (χ1v) is 9.01. The number of rotatable bonds is 5. The maximum absolute atomic E-state index is 12.4. The molecule has 1 N–H and O–H groups in total. The number of anilines is 1. The molecule has 0 unspecified atom stereocenters. The molecule has 3 rings (SSSR count). The Balaban J connectivity index is 1.74. The summed E-state index contributed by atoms with van der Waals surface area (Å²) in [4.78, 5) is 38.1. The summed E-state index contributed by atoms with van der Waals surface area (Å²) in [6.07, 6.45) is 0.754. The molecule has 1 aromatic rings. The van der Waals surface area contributed by atoms with Crippen molar-refractivity contribution in [2.75, 3.05) is 31.4 Å². The molecular weight excluding hydrogens is 344 g/mol. The lowest BCUT2D eigenvalue weighted by Crippen LogP contribution is -2.41. The van der Waals surface area contributed by atoms with Gasteiger partial charge >= 0.3 is 0 Å². The van der Waals surface area contributed by atoms with Gasteiger partial charge in [-0.05, 0) is 18.6 Å². The second-order valence-corrected chi connectivity index (χ2v) is 7.06. The highest BCUT2D eigenvalue weighted by atomic mass is 32.2. The van der Waals surface area contributed by atoms with Crippen LogP contribution in [-0.2, 0) is 14.4 Å². The van der Waals surface area contributed by atoms with E-state index in [-0.39, 0.29) is 29.9 Å². The Hall–Kier alpha value is -2.22. The smallest absolute Gasteiger partial charge is 0.227 e. The summed E-state index contributed by atoms with van der Waals surface area (Å²) in [5.41, 5.74) is 0.578. The Morgan fingerprint density at radius 1 is 1.28 bits per heavy atom. The van der Waals surface area contributed by atoms with Crippen molar-refractivity contribution in [1.82, 2.24) is 5.32 Å². The van der Waals surface area contributed by atoms with Crippen LogP contribution in [0.3, 0.4) is 0 Å². The largest absolute Gasteiger partial charge is 0.497 e. The number of carbonyl (C=O) groups excluding carboxylic acids is 3. The number of hydrogen-bond donors (Lipinski definition) is 1. The molecule has 0 aromatic heterocycles. The van der Waals surface area contributed by atoms with Crippen molar-refractivity contribution in [3.05, 3.63) is 18.2 Å². The number of thioether (sulfide) groups is 1. The van der Waals surface area contributed by atoms with E-state index in [0.717, 1.165) is 5.75 Å². The van der Waals surface area contributed by atoms with Crippen molar-refractivity contribution in [1.29, 1.82) is 0 Å². The molecule has 0 bridgehead atoms. The van der Waals surface area contributed by atoms with E-state index < -0.39 is 12.0 Å². The standard InChI is InChI=1S/C17H20N2O5S/c1-23-11-3-4-14(24-2)13(8-11)19-9-10(7-15(19)20)16(21)18-12-5-6-25-17(12)22/h3-4,8,10,12H,5-7,9H2,1-2H3,(H,18,21)/t10-,12+/m1/s1. The highest BCUT2D eigenvalue weighted by molar-refractivity contribution is 8.14. The zero-order chi connectivity index (χ0) is 18.0. The fraction of sp³-hybridized carbons (Fsp3) is 0.471. The van der Waals surface area contributed by atoms with E-state index in [1.165, 1.54) is 23.8 Å². The average Bonchev–Trinajstić information content (AvgIpc) is 3.20. The summed E-state index contributed by atoms with van der Waals surface area (Å²) in [7, 11) is 3.07. The Morgan fingerprint density at radius 2 is 2.08 bits per heavy atom. The quantitative estimate of drug-likeness (QED) is 0.845. The third-order valence-electron chi connectivity index (χ3n) is 4.42. The van der Waals surface area contributed by atoms with E-state index >= 15 is 0 Å². The van der Waals surface area contributed by atoms with Crippen LogP contribution < -0.4 is 19.7 Å². The molecule has 2 amide bonds. The van der Waals surface area contributed by atoms with Crippen molar-refractivity contribution in [3.63, 3.8) is 0 Å². The van der Waals surface area contributed by atoms with Crippen molar-refractivity contribution in [2.45, 2.75) is 18.9 Å². The van der Waals surface area contributed by atoms with Crippen LogP contribution >= 0.6 is 11.8 Å². The lowest BCUT2D eigenvalue weighted by atomic mass is 10.1. The fourth-order valence-corrected chi connectivity index (χ4v) is 3.97. The molecule has 2 fully saturated rings. The second kappa shape index (κ2) is 7.35. The highest BCUT2D eigenvalue weighted by Crippen LogP contribution is 2.36. The Morgan fingerprint density at radius 3 is 2.72 bits per heavy atom. The molecule has 2 atom stereocenters. The number of amides is 2. The Labute approximate surface area is 150 Å². The molecule has 0 aliphatic carbocycles. The minimum atomic E-state index is -0.484. The molecular formula is C17H20N2O5S. The van der Waals surface area contributed by atoms with E-state index in [0.29, 0.717) is 23.6 Å². The van der Waals surface area contributed by atoms with Crippen LogP contribution in [0, 0.1) is 5.92 Å². The van der Waals surface area contributed by atoms with Gasteiger partial charge in [-0.3, -0.25) is 14.4 Å². The van der Waals surface area contributed by atoms with Crippen LogP contribution in [0.25, 0.3) is 0 Å². The molecule has 1 aromatic carbocycles. The van der Waals surface area contributed by atoms with Crippen LogP contribution in [0.15, 0.2) is 18.2 Å². The number of benzene rings is 1. The molecule has 0 saturated carbocycles. The van der Waals surface area contributed by atoms with E-state index in [4.69, 9.17) is 9.47 Å². The van der Waals surface area contributed by atoms with Gasteiger partial charge in [-0.15, -0.1) is 0 Å². The van der Waals surface area contributed by atoms with Gasteiger partial charge in [0.2, 0.25) is 16.9 Å². The second-order valence-electron chi connectivity index (χ2n) is 5.96. The number of hydrogen-bond acceptors (Lipinski definition) is 6. The maximum Gasteiger partial charge on any atom is 0.227 e. The van der Waals surface area contributed by atoms with Gasteiger partial charge in [0, 0.05) is 24.8 Å². The van der Waals surface area contributed by atoms with Crippen LogP contribution in [-0.4, -0.2) is 49.5 Å². The highest BCUT2D eigenvalue weighted by Gasteiger charge is 2.38. The monoisotopic (exact) mass is 364 g/mol. The molecule has 2 aliphatic heterocycles. The van der Waals surface area contributed by atoms with Gasteiger partial charge in [-0.25, -0.2) is 0 Å². The van der Waals surface area contributed by atoms with Crippen LogP contribution in [0.1, 0.15) is 12.8 Å². The summed E-state index contributed by atoms with van der Waals surface area (Å²) >= 11 is 1.24. The molecule has 2 heterocycles. The molecule has 0 radical (unpaired) electrons. The first-order chi connectivity index (χ1) is 12.0. The Kier molecular flexibility index (Phi) is 5.17. The predicted octanol–water partition coefficient (Wildman–Crippen LogP) is 1.20. The lowest BCUT2D eigenvalue weighted by molar-refractivity contribution is -0.128. The van der Waals surface area contributed by atoms with Crippen LogP contribution in [0.4, 0.5) is 5.69 Å². The third-order valence-corrected chi connectivity index (χ3v) is 5.43. The third kappa shape index (κ3) is 3.58. The van der Waals surface area contributed by atoms with Gasteiger partial charge in [-0.2, -0.15) is 0 Å². The predicted molar refractivity (Wildman–Crippen MR) is 94.0 cm³/mol. The number of nitrogens with zero attached hydrogens (tertiary/aromatic N) is 1. The lowest BCUT2D eigenvalue weighted by Gasteiger charge is -2.20. The van der Waals surface area contributed by atoms with E-state index in [1.807, 2.05) is 0 Å². The molecule has 2 saturated heterocycles. The molecule has 25 heavy (non-hydrogen) atoms. The number of carbonyl (C=O) groups is 3. The van der Waals surface area contributed by atoms with Crippen LogP contribution in [0.5, 0.6) is 11.5 Å². The minimum absolute atomic E-state index is 0.0102. The average molecular weight is 364 g/mol. The van der Waals surface area contributed by atoms with Crippen LogP contribution in [0.2, 0.25) is 0 Å². The van der Waals surface area contributed by atoms with Gasteiger partial charge in [-0.1, -0.05) is 11.8 Å².